The number of hydrogen-bond donors (Lipinski definition) is 0. The zero-order valence-electron chi connectivity index (χ0n) is 13.3. The molecule has 0 spiro atoms. The topological polar surface area (TPSA) is 0 Å². The summed E-state index contributed by atoms with van der Waals surface area (Å²) >= 11 is 0. The standard InChI is InChI=1S/C18H32/c1-7-9-11-13-18(14-12-10-8-2)17(6)16(5)15(3)4/h11-15,18H,7-10H2,1-6H3. The van der Waals surface area contributed by atoms with Crippen LogP contribution in [-0.2, 0) is 0 Å². The van der Waals surface area contributed by atoms with Crippen LogP contribution in [0.5, 0.6) is 0 Å². The fourth-order valence-electron chi connectivity index (χ4n) is 1.89. The maximum Gasteiger partial charge on any atom is 0.0157 e. The van der Waals surface area contributed by atoms with Crippen molar-refractivity contribution in [3.8, 4) is 0 Å². The fourth-order valence-corrected chi connectivity index (χ4v) is 1.89. The Morgan fingerprint density at radius 3 is 1.61 bits per heavy atom. The van der Waals surface area contributed by atoms with E-state index in [1.165, 1.54) is 36.8 Å². The van der Waals surface area contributed by atoms with Gasteiger partial charge in [-0.2, -0.15) is 0 Å². The van der Waals surface area contributed by atoms with Crippen LogP contribution >= 0.6 is 0 Å². The maximum absolute atomic E-state index is 2.37. The van der Waals surface area contributed by atoms with Gasteiger partial charge in [-0.3, -0.25) is 0 Å². The first kappa shape index (κ1) is 17.2. The summed E-state index contributed by atoms with van der Waals surface area (Å²) in [6.07, 6.45) is 14.2. The number of rotatable bonds is 8. The largest absolute Gasteiger partial charge is 0.0876 e. The minimum absolute atomic E-state index is 0.491. The minimum Gasteiger partial charge on any atom is -0.0876 e. The summed E-state index contributed by atoms with van der Waals surface area (Å²) in [5.74, 6) is 1.14. The van der Waals surface area contributed by atoms with Gasteiger partial charge in [-0.25, -0.2) is 0 Å². The van der Waals surface area contributed by atoms with Crippen molar-refractivity contribution in [2.45, 2.75) is 67.2 Å². The van der Waals surface area contributed by atoms with Gasteiger partial charge in [0.25, 0.3) is 0 Å². The van der Waals surface area contributed by atoms with E-state index in [0.29, 0.717) is 11.8 Å². The molecular weight excluding hydrogens is 216 g/mol. The van der Waals surface area contributed by atoms with E-state index in [2.05, 4.69) is 65.8 Å². The summed E-state index contributed by atoms with van der Waals surface area (Å²) in [6, 6.07) is 0. The molecule has 0 atom stereocenters. The highest BCUT2D eigenvalue weighted by Gasteiger charge is 2.08. The monoisotopic (exact) mass is 248 g/mol. The Bertz CT molecular complexity index is 273. The van der Waals surface area contributed by atoms with Crippen LogP contribution in [0.2, 0.25) is 0 Å². The van der Waals surface area contributed by atoms with E-state index in [9.17, 15) is 0 Å². The summed E-state index contributed by atoms with van der Waals surface area (Å²) in [6.45, 7) is 13.6. The molecule has 0 radical (unpaired) electrons. The molecule has 0 aromatic rings. The molecular formula is C18H32. The smallest absolute Gasteiger partial charge is 0.0157 e. The second-order valence-electron chi connectivity index (χ2n) is 5.48. The predicted octanol–water partition coefficient (Wildman–Crippen LogP) is 6.31. The van der Waals surface area contributed by atoms with Gasteiger partial charge >= 0.3 is 0 Å². The van der Waals surface area contributed by atoms with Gasteiger partial charge in [0.1, 0.15) is 0 Å². The average molecular weight is 248 g/mol. The average Bonchev–Trinajstić information content (AvgIpc) is 2.35. The van der Waals surface area contributed by atoms with Crippen molar-refractivity contribution in [2.24, 2.45) is 11.8 Å². The molecule has 0 N–H and O–H groups in total. The van der Waals surface area contributed by atoms with E-state index >= 15 is 0 Å². The van der Waals surface area contributed by atoms with Gasteiger partial charge in [0.15, 0.2) is 0 Å². The zero-order chi connectivity index (χ0) is 14.0. The molecule has 0 heterocycles. The highest BCUT2D eigenvalue weighted by atomic mass is 14.1. The summed E-state index contributed by atoms with van der Waals surface area (Å²) < 4.78 is 0. The number of allylic oxidation sites excluding steroid dienone is 6. The molecule has 0 saturated carbocycles. The third kappa shape index (κ3) is 6.83. The predicted molar refractivity (Wildman–Crippen MR) is 84.8 cm³/mol. The third-order valence-electron chi connectivity index (χ3n) is 3.59. The second-order valence-corrected chi connectivity index (χ2v) is 5.48. The molecule has 0 aliphatic rings. The molecule has 104 valence electrons. The van der Waals surface area contributed by atoms with Crippen molar-refractivity contribution in [3.63, 3.8) is 0 Å². The normalized spacial score (nSPS) is 15.7. The number of unbranched alkanes of at least 4 members (excludes halogenated alkanes) is 2. The molecule has 0 fully saturated rings. The van der Waals surface area contributed by atoms with Crippen molar-refractivity contribution in [2.75, 3.05) is 0 Å². The van der Waals surface area contributed by atoms with E-state index < -0.39 is 0 Å². The first-order valence-electron chi connectivity index (χ1n) is 7.55. The van der Waals surface area contributed by atoms with Gasteiger partial charge in [0.2, 0.25) is 0 Å². The minimum atomic E-state index is 0.491. The van der Waals surface area contributed by atoms with Crippen LogP contribution in [0.25, 0.3) is 0 Å². The van der Waals surface area contributed by atoms with Crippen LogP contribution in [0.3, 0.4) is 0 Å². The lowest BCUT2D eigenvalue weighted by Crippen LogP contribution is -2.01. The second kappa shape index (κ2) is 10.2. The van der Waals surface area contributed by atoms with Gasteiger partial charge in [0, 0.05) is 5.92 Å². The van der Waals surface area contributed by atoms with E-state index in [1.54, 1.807) is 0 Å². The molecule has 0 unspecified atom stereocenters. The Hall–Kier alpha value is -0.780. The summed E-state index contributed by atoms with van der Waals surface area (Å²) in [5.41, 5.74) is 3.05. The lowest BCUT2D eigenvalue weighted by molar-refractivity contribution is 0.735. The zero-order valence-corrected chi connectivity index (χ0v) is 13.3. The van der Waals surface area contributed by atoms with E-state index in [-0.39, 0.29) is 0 Å². The Morgan fingerprint density at radius 1 is 0.833 bits per heavy atom. The Labute approximate surface area is 115 Å². The lowest BCUT2D eigenvalue weighted by Gasteiger charge is -2.16. The van der Waals surface area contributed by atoms with Gasteiger partial charge in [-0.1, -0.05) is 76.0 Å². The van der Waals surface area contributed by atoms with Crippen molar-refractivity contribution in [3.05, 3.63) is 35.5 Å². The van der Waals surface area contributed by atoms with Crippen LogP contribution in [0.4, 0.5) is 0 Å². The summed E-state index contributed by atoms with van der Waals surface area (Å²) in [7, 11) is 0. The molecule has 0 saturated heterocycles. The molecule has 0 aliphatic heterocycles. The molecule has 0 aromatic carbocycles. The first-order valence-corrected chi connectivity index (χ1v) is 7.55. The van der Waals surface area contributed by atoms with Gasteiger partial charge in [0.05, 0.1) is 0 Å². The Morgan fingerprint density at radius 2 is 1.28 bits per heavy atom. The van der Waals surface area contributed by atoms with Gasteiger partial charge < -0.3 is 0 Å². The van der Waals surface area contributed by atoms with Crippen molar-refractivity contribution in [1.82, 2.24) is 0 Å². The molecule has 0 aliphatic carbocycles. The molecule has 0 bridgehead atoms. The van der Waals surface area contributed by atoms with Crippen LogP contribution < -0.4 is 0 Å². The quantitative estimate of drug-likeness (QED) is 0.442. The highest BCUT2D eigenvalue weighted by Crippen LogP contribution is 2.23. The molecule has 0 nitrogen and oxygen atoms in total. The molecule has 18 heavy (non-hydrogen) atoms. The molecule has 0 rings (SSSR count). The first-order chi connectivity index (χ1) is 8.54. The van der Waals surface area contributed by atoms with E-state index in [0.717, 1.165) is 0 Å². The number of hydrogen-bond acceptors (Lipinski definition) is 0. The molecule has 0 aromatic heterocycles. The highest BCUT2D eigenvalue weighted by molar-refractivity contribution is 5.24. The Kier molecular flexibility index (Phi) is 9.73. The van der Waals surface area contributed by atoms with Crippen molar-refractivity contribution < 1.29 is 0 Å². The van der Waals surface area contributed by atoms with Crippen LogP contribution in [0.15, 0.2) is 35.5 Å². The molecule has 0 heteroatoms. The SMILES string of the molecule is CCCC=CC(C=CCCC)C(C)=C(C)C(C)C. The fraction of sp³-hybridized carbons (Fsp3) is 0.667. The van der Waals surface area contributed by atoms with Gasteiger partial charge in [-0.15, -0.1) is 0 Å². The third-order valence-corrected chi connectivity index (χ3v) is 3.59. The summed E-state index contributed by atoms with van der Waals surface area (Å²) in [4.78, 5) is 0. The Balaban J connectivity index is 4.90. The van der Waals surface area contributed by atoms with E-state index in [1.807, 2.05) is 0 Å². The van der Waals surface area contributed by atoms with Crippen LogP contribution in [0, 0.1) is 11.8 Å². The van der Waals surface area contributed by atoms with E-state index in [4.69, 9.17) is 0 Å². The maximum atomic E-state index is 2.37. The van der Waals surface area contributed by atoms with Crippen LogP contribution in [-0.4, -0.2) is 0 Å². The lowest BCUT2D eigenvalue weighted by atomic mass is 9.90. The van der Waals surface area contributed by atoms with Gasteiger partial charge in [-0.05, 0) is 32.6 Å². The van der Waals surface area contributed by atoms with Crippen molar-refractivity contribution in [1.29, 1.82) is 0 Å². The molecule has 0 amide bonds. The van der Waals surface area contributed by atoms with Crippen molar-refractivity contribution >= 4 is 0 Å². The summed E-state index contributed by atoms with van der Waals surface area (Å²) in [5, 5.41) is 0. The van der Waals surface area contributed by atoms with Crippen LogP contribution in [0.1, 0.15) is 67.2 Å².